The first kappa shape index (κ1) is 21.8. The first-order chi connectivity index (χ1) is 12.1. The maximum absolute atomic E-state index is 12.4. The number of anilines is 2. The van der Waals surface area contributed by atoms with E-state index in [1.165, 1.54) is 6.42 Å². The molecule has 0 aliphatic carbocycles. The zero-order valence-corrected chi connectivity index (χ0v) is 16.2. The molecule has 0 aliphatic heterocycles. The Morgan fingerprint density at radius 2 is 1.77 bits per heavy atom. The van der Waals surface area contributed by atoms with Crippen LogP contribution in [0.25, 0.3) is 0 Å². The van der Waals surface area contributed by atoms with Gasteiger partial charge in [-0.2, -0.15) is 0 Å². The molecule has 0 aromatic heterocycles. The number of nitrogens with one attached hydrogen (secondary N) is 1. The van der Waals surface area contributed by atoms with Gasteiger partial charge in [-0.1, -0.05) is 13.3 Å². The highest BCUT2D eigenvalue weighted by Gasteiger charge is 2.07. The molecule has 0 aliphatic rings. The molecule has 1 amide bonds. The van der Waals surface area contributed by atoms with Crippen LogP contribution in [-0.4, -0.2) is 32.7 Å². The first-order valence-corrected chi connectivity index (χ1v) is 8.69. The predicted molar refractivity (Wildman–Crippen MR) is 111 cm³/mol. The second-order valence-electron chi connectivity index (χ2n) is 5.94. The Hall–Kier alpha value is -2.24. The van der Waals surface area contributed by atoms with Crippen LogP contribution in [0.15, 0.2) is 48.5 Å². The number of nitrogens with zero attached hydrogens (tertiary/aromatic N) is 1. The van der Waals surface area contributed by atoms with Gasteiger partial charge in [0.1, 0.15) is 12.4 Å². The third kappa shape index (κ3) is 6.58. The number of unbranched alkanes of at least 4 members (excludes halogenated alkanes) is 1. The Bertz CT molecular complexity index is 660. The van der Waals surface area contributed by atoms with Gasteiger partial charge in [-0.25, -0.2) is 0 Å². The molecule has 2 aromatic carbocycles. The molecule has 0 saturated heterocycles. The van der Waals surface area contributed by atoms with Crippen molar-refractivity contribution in [2.45, 2.75) is 19.8 Å². The van der Waals surface area contributed by atoms with E-state index in [2.05, 4.69) is 24.2 Å². The van der Waals surface area contributed by atoms with Crippen LogP contribution in [0.1, 0.15) is 30.1 Å². The van der Waals surface area contributed by atoms with E-state index in [-0.39, 0.29) is 18.3 Å². The Morgan fingerprint density at radius 3 is 2.35 bits per heavy atom. The maximum Gasteiger partial charge on any atom is 0.255 e. The number of ether oxygens (including phenoxy) is 1. The van der Waals surface area contributed by atoms with Crippen molar-refractivity contribution in [2.24, 2.45) is 5.73 Å². The average Bonchev–Trinajstić information content (AvgIpc) is 2.65. The lowest BCUT2D eigenvalue weighted by atomic mass is 10.1. The Kier molecular flexibility index (Phi) is 9.55. The van der Waals surface area contributed by atoms with Gasteiger partial charge in [0.25, 0.3) is 5.91 Å². The zero-order valence-electron chi connectivity index (χ0n) is 15.4. The molecule has 0 atom stereocenters. The van der Waals surface area contributed by atoms with Gasteiger partial charge in [-0.05, 0) is 55.0 Å². The molecule has 0 spiro atoms. The number of hydrogen-bond donors (Lipinski definition) is 2. The van der Waals surface area contributed by atoms with Crippen molar-refractivity contribution in [1.82, 2.24) is 0 Å². The van der Waals surface area contributed by atoms with E-state index in [1.54, 1.807) is 0 Å². The second-order valence-corrected chi connectivity index (χ2v) is 5.94. The number of benzene rings is 2. The third-order valence-electron chi connectivity index (χ3n) is 3.92. The van der Waals surface area contributed by atoms with E-state index in [0.717, 1.165) is 30.1 Å². The molecular weight excluding hydrogens is 350 g/mol. The first-order valence-electron chi connectivity index (χ1n) is 8.69. The van der Waals surface area contributed by atoms with Crippen LogP contribution in [0.4, 0.5) is 11.4 Å². The number of nitrogens with two attached hydrogens (primary N) is 1. The summed E-state index contributed by atoms with van der Waals surface area (Å²) in [6.07, 6.45) is 2.32. The standard InChI is InChI=1S/C20H27N3O2.ClH/c1-3-4-14-23(2)18-9-5-16(6-10-18)20(24)22-17-7-11-19(12-8-17)25-15-13-21;/h5-12H,3-4,13-15,21H2,1-2H3,(H,22,24);1H. The molecule has 142 valence electrons. The second kappa shape index (κ2) is 11.4. The number of hydrogen-bond acceptors (Lipinski definition) is 4. The van der Waals surface area contributed by atoms with Crippen molar-refractivity contribution in [1.29, 1.82) is 0 Å². The molecule has 0 heterocycles. The van der Waals surface area contributed by atoms with Crippen LogP contribution in [0.5, 0.6) is 5.75 Å². The van der Waals surface area contributed by atoms with Gasteiger partial charge in [0.15, 0.2) is 0 Å². The van der Waals surface area contributed by atoms with Crippen LogP contribution in [0, 0.1) is 0 Å². The van der Waals surface area contributed by atoms with Gasteiger partial charge in [0.2, 0.25) is 0 Å². The fourth-order valence-electron chi connectivity index (χ4n) is 2.41. The molecule has 2 rings (SSSR count). The minimum atomic E-state index is -0.126. The van der Waals surface area contributed by atoms with Crippen LogP contribution in [0.2, 0.25) is 0 Å². The largest absolute Gasteiger partial charge is 0.492 e. The molecule has 0 unspecified atom stereocenters. The molecule has 3 N–H and O–H groups in total. The maximum atomic E-state index is 12.4. The molecule has 0 bridgehead atoms. The normalized spacial score (nSPS) is 9.96. The molecule has 5 nitrogen and oxygen atoms in total. The van der Waals surface area contributed by atoms with Crippen LogP contribution >= 0.6 is 12.4 Å². The highest BCUT2D eigenvalue weighted by Crippen LogP contribution is 2.18. The minimum absolute atomic E-state index is 0. The summed E-state index contributed by atoms with van der Waals surface area (Å²) in [5, 5.41) is 2.89. The molecule has 0 fully saturated rings. The van der Waals surface area contributed by atoms with Crippen molar-refractivity contribution in [3.63, 3.8) is 0 Å². The van der Waals surface area contributed by atoms with Crippen molar-refractivity contribution in [3.05, 3.63) is 54.1 Å². The Morgan fingerprint density at radius 1 is 1.12 bits per heavy atom. The molecule has 26 heavy (non-hydrogen) atoms. The average molecular weight is 378 g/mol. The summed E-state index contributed by atoms with van der Waals surface area (Å²) in [6.45, 7) is 4.14. The number of carbonyl (C=O) groups excluding carboxylic acids is 1. The topological polar surface area (TPSA) is 67.6 Å². The summed E-state index contributed by atoms with van der Waals surface area (Å²) in [7, 11) is 2.07. The molecule has 2 aromatic rings. The van der Waals surface area contributed by atoms with Crippen molar-refractivity contribution in [2.75, 3.05) is 37.0 Å². The SMILES string of the molecule is CCCCN(C)c1ccc(C(=O)Nc2ccc(OCCN)cc2)cc1.Cl. The molecular formula is C20H28ClN3O2. The molecule has 6 heteroatoms. The van der Waals surface area contributed by atoms with Gasteiger partial charge in [0.05, 0.1) is 0 Å². The summed E-state index contributed by atoms with van der Waals surface area (Å²) in [6, 6.07) is 14.9. The summed E-state index contributed by atoms with van der Waals surface area (Å²) < 4.78 is 5.42. The zero-order chi connectivity index (χ0) is 18.1. The van der Waals surface area contributed by atoms with Gasteiger partial charge in [0, 0.05) is 37.1 Å². The van der Waals surface area contributed by atoms with E-state index < -0.39 is 0 Å². The van der Waals surface area contributed by atoms with E-state index in [1.807, 2.05) is 48.5 Å². The Labute approximate surface area is 161 Å². The van der Waals surface area contributed by atoms with E-state index in [9.17, 15) is 4.79 Å². The quantitative estimate of drug-likeness (QED) is 0.694. The van der Waals surface area contributed by atoms with E-state index >= 15 is 0 Å². The Balaban J connectivity index is 0.00000338. The number of rotatable bonds is 9. The fraction of sp³-hybridized carbons (Fsp3) is 0.350. The van der Waals surface area contributed by atoms with E-state index in [0.29, 0.717) is 18.7 Å². The lowest BCUT2D eigenvalue weighted by Crippen LogP contribution is -2.18. The fourth-order valence-corrected chi connectivity index (χ4v) is 2.41. The number of halogens is 1. The van der Waals surface area contributed by atoms with Crippen molar-refractivity contribution in [3.8, 4) is 5.75 Å². The summed E-state index contributed by atoms with van der Waals surface area (Å²) in [5.41, 5.74) is 7.89. The highest BCUT2D eigenvalue weighted by atomic mass is 35.5. The van der Waals surface area contributed by atoms with E-state index in [4.69, 9.17) is 10.5 Å². The van der Waals surface area contributed by atoms with Crippen LogP contribution in [0.3, 0.4) is 0 Å². The third-order valence-corrected chi connectivity index (χ3v) is 3.92. The predicted octanol–water partition coefficient (Wildman–Crippen LogP) is 3.93. The number of amides is 1. The van der Waals surface area contributed by atoms with Gasteiger partial charge in [-0.15, -0.1) is 12.4 Å². The lowest BCUT2D eigenvalue weighted by Gasteiger charge is -2.19. The molecule has 0 radical (unpaired) electrons. The van der Waals surface area contributed by atoms with Crippen molar-refractivity contribution < 1.29 is 9.53 Å². The van der Waals surface area contributed by atoms with Gasteiger partial charge < -0.3 is 20.7 Å². The van der Waals surface area contributed by atoms with Crippen LogP contribution < -0.4 is 20.7 Å². The summed E-state index contributed by atoms with van der Waals surface area (Å²) >= 11 is 0. The van der Waals surface area contributed by atoms with Crippen molar-refractivity contribution >= 4 is 29.7 Å². The highest BCUT2D eigenvalue weighted by molar-refractivity contribution is 6.04. The monoisotopic (exact) mass is 377 g/mol. The number of carbonyl (C=O) groups is 1. The summed E-state index contributed by atoms with van der Waals surface area (Å²) in [5.74, 6) is 0.612. The summed E-state index contributed by atoms with van der Waals surface area (Å²) in [4.78, 5) is 14.6. The smallest absolute Gasteiger partial charge is 0.255 e. The van der Waals surface area contributed by atoms with Crippen LogP contribution in [-0.2, 0) is 0 Å². The minimum Gasteiger partial charge on any atom is -0.492 e. The lowest BCUT2D eigenvalue weighted by molar-refractivity contribution is 0.102. The molecule has 0 saturated carbocycles. The van der Waals surface area contributed by atoms with Gasteiger partial charge >= 0.3 is 0 Å². The van der Waals surface area contributed by atoms with Gasteiger partial charge in [-0.3, -0.25) is 4.79 Å².